The van der Waals surface area contributed by atoms with Crippen molar-refractivity contribution in [1.82, 2.24) is 9.55 Å². The van der Waals surface area contributed by atoms with Crippen LogP contribution in [0.15, 0.2) is 64.4 Å². The second kappa shape index (κ2) is 9.31. The summed E-state index contributed by atoms with van der Waals surface area (Å²) in [6, 6.07) is 17.3. The fraction of sp³-hybridized carbons (Fsp3) is 0.190. The van der Waals surface area contributed by atoms with E-state index in [1.807, 2.05) is 54.6 Å². The van der Waals surface area contributed by atoms with E-state index in [1.165, 1.54) is 4.57 Å². The third kappa shape index (κ3) is 4.98. The summed E-state index contributed by atoms with van der Waals surface area (Å²) in [5.41, 5.74) is 2.55. The Kier molecular flexibility index (Phi) is 6.58. The molecule has 0 radical (unpaired) electrons. The van der Waals surface area contributed by atoms with Gasteiger partial charge >= 0.3 is 0 Å². The Morgan fingerprint density at radius 2 is 1.83 bits per heavy atom. The van der Waals surface area contributed by atoms with Gasteiger partial charge in [0.15, 0.2) is 4.77 Å². The van der Waals surface area contributed by atoms with E-state index < -0.39 is 5.56 Å². The lowest BCUT2D eigenvalue weighted by molar-refractivity contribution is 0.182. The number of benzene rings is 2. The number of ether oxygens (including phenoxy) is 1. The lowest BCUT2D eigenvalue weighted by atomic mass is 10.2. The standard InChI is InChI=1S/C21H22N4O3S/c1-14(18-19(26)24-21(29)25(20(18)27)12-13-28-2)22-16-8-10-17(11-9-16)23-15-6-4-3-5-7-15/h3-11,23,27H,12-13H2,1-2H3,(H,24,26,29). The molecule has 150 valence electrons. The highest BCUT2D eigenvalue weighted by atomic mass is 32.1. The van der Waals surface area contributed by atoms with Gasteiger partial charge in [0, 0.05) is 18.5 Å². The van der Waals surface area contributed by atoms with Crippen LogP contribution in [0.5, 0.6) is 5.88 Å². The average molecular weight is 410 g/mol. The second-order valence-corrected chi connectivity index (χ2v) is 6.72. The summed E-state index contributed by atoms with van der Waals surface area (Å²) >= 11 is 5.13. The van der Waals surface area contributed by atoms with Gasteiger partial charge in [0.2, 0.25) is 5.88 Å². The van der Waals surface area contributed by atoms with Crippen LogP contribution in [0.25, 0.3) is 0 Å². The maximum atomic E-state index is 12.4. The van der Waals surface area contributed by atoms with E-state index in [2.05, 4.69) is 15.3 Å². The summed E-state index contributed by atoms with van der Waals surface area (Å²) in [5.74, 6) is -0.223. The number of aromatic nitrogens is 2. The molecule has 0 saturated heterocycles. The third-order valence-electron chi connectivity index (χ3n) is 4.28. The van der Waals surface area contributed by atoms with Gasteiger partial charge in [-0.2, -0.15) is 0 Å². The zero-order valence-electron chi connectivity index (χ0n) is 16.2. The maximum absolute atomic E-state index is 12.4. The normalized spacial score (nSPS) is 11.4. The molecule has 0 amide bonds. The molecule has 0 unspecified atom stereocenters. The van der Waals surface area contributed by atoms with Gasteiger partial charge in [-0.1, -0.05) is 18.2 Å². The maximum Gasteiger partial charge on any atom is 0.264 e. The average Bonchev–Trinajstić information content (AvgIpc) is 2.70. The van der Waals surface area contributed by atoms with Crippen molar-refractivity contribution in [3.8, 4) is 5.88 Å². The first-order valence-corrected chi connectivity index (χ1v) is 9.43. The number of hydrogen-bond acceptors (Lipinski definition) is 6. The van der Waals surface area contributed by atoms with Crippen molar-refractivity contribution >= 4 is 35.0 Å². The first-order chi connectivity index (χ1) is 14.0. The number of para-hydroxylation sites is 1. The number of H-pyrrole nitrogens is 1. The van der Waals surface area contributed by atoms with Crippen molar-refractivity contribution < 1.29 is 9.84 Å². The van der Waals surface area contributed by atoms with Gasteiger partial charge < -0.3 is 15.2 Å². The molecular weight excluding hydrogens is 388 g/mol. The first-order valence-electron chi connectivity index (χ1n) is 9.02. The smallest absolute Gasteiger partial charge is 0.264 e. The molecule has 3 N–H and O–H groups in total. The molecule has 3 aromatic rings. The van der Waals surface area contributed by atoms with Crippen molar-refractivity contribution in [1.29, 1.82) is 0 Å². The molecule has 0 fully saturated rings. The van der Waals surface area contributed by atoms with Gasteiger partial charge in [0.25, 0.3) is 5.56 Å². The lowest BCUT2D eigenvalue weighted by Crippen LogP contribution is -2.22. The highest BCUT2D eigenvalue weighted by Crippen LogP contribution is 2.22. The van der Waals surface area contributed by atoms with E-state index in [-0.39, 0.29) is 16.2 Å². The Hall–Kier alpha value is -3.23. The van der Waals surface area contributed by atoms with E-state index >= 15 is 0 Å². The monoisotopic (exact) mass is 410 g/mol. The summed E-state index contributed by atoms with van der Waals surface area (Å²) in [5, 5.41) is 13.9. The van der Waals surface area contributed by atoms with Crippen LogP contribution in [0.2, 0.25) is 0 Å². The zero-order valence-corrected chi connectivity index (χ0v) is 17.0. The number of anilines is 2. The first kappa shape index (κ1) is 20.5. The van der Waals surface area contributed by atoms with Crippen LogP contribution in [0.3, 0.4) is 0 Å². The SMILES string of the molecule is COCCn1c(O)c(C(C)=Nc2ccc(Nc3ccccc3)cc2)c(=O)[nH]c1=S. The summed E-state index contributed by atoms with van der Waals surface area (Å²) in [7, 11) is 1.55. The highest BCUT2D eigenvalue weighted by molar-refractivity contribution is 7.71. The molecule has 0 atom stereocenters. The summed E-state index contributed by atoms with van der Waals surface area (Å²) in [6.45, 7) is 2.33. The number of nitrogens with zero attached hydrogens (tertiary/aromatic N) is 2. The Labute approximate surface area is 173 Å². The molecule has 0 aliphatic carbocycles. The largest absolute Gasteiger partial charge is 0.494 e. The predicted molar refractivity (Wildman–Crippen MR) is 117 cm³/mol. The lowest BCUT2D eigenvalue weighted by Gasteiger charge is -2.12. The van der Waals surface area contributed by atoms with Crippen LogP contribution in [0.4, 0.5) is 17.1 Å². The molecule has 1 heterocycles. The van der Waals surface area contributed by atoms with E-state index in [1.54, 1.807) is 14.0 Å². The van der Waals surface area contributed by atoms with E-state index in [9.17, 15) is 9.90 Å². The summed E-state index contributed by atoms with van der Waals surface area (Å²) in [6.07, 6.45) is 0. The van der Waals surface area contributed by atoms with Gasteiger partial charge in [0.1, 0.15) is 5.56 Å². The topological polar surface area (TPSA) is 91.6 Å². The number of nitrogens with one attached hydrogen (secondary N) is 2. The van der Waals surface area contributed by atoms with Gasteiger partial charge in [-0.3, -0.25) is 19.3 Å². The Morgan fingerprint density at radius 1 is 1.17 bits per heavy atom. The third-order valence-corrected chi connectivity index (χ3v) is 4.60. The van der Waals surface area contributed by atoms with E-state index in [0.29, 0.717) is 24.6 Å². The minimum absolute atomic E-state index is 0.0844. The quantitative estimate of drug-likeness (QED) is 0.402. The molecule has 3 rings (SSSR count). The number of aliphatic imine (C=N–C) groups is 1. The van der Waals surface area contributed by atoms with Crippen LogP contribution >= 0.6 is 12.2 Å². The fourth-order valence-electron chi connectivity index (χ4n) is 2.83. The van der Waals surface area contributed by atoms with E-state index in [0.717, 1.165) is 11.4 Å². The summed E-state index contributed by atoms with van der Waals surface area (Å²) in [4.78, 5) is 19.4. The molecule has 29 heavy (non-hydrogen) atoms. The van der Waals surface area contributed by atoms with E-state index in [4.69, 9.17) is 17.0 Å². The minimum atomic E-state index is -0.482. The summed E-state index contributed by atoms with van der Waals surface area (Å²) < 4.78 is 6.58. The Morgan fingerprint density at radius 3 is 2.48 bits per heavy atom. The molecule has 0 spiro atoms. The predicted octanol–water partition coefficient (Wildman–Crippen LogP) is 4.14. The highest BCUT2D eigenvalue weighted by Gasteiger charge is 2.15. The van der Waals surface area contributed by atoms with Gasteiger partial charge in [-0.15, -0.1) is 0 Å². The van der Waals surface area contributed by atoms with Crippen molar-refractivity contribution in [3.05, 3.63) is 75.3 Å². The molecule has 8 heteroatoms. The molecule has 0 aliphatic rings. The molecule has 0 saturated carbocycles. The van der Waals surface area contributed by atoms with Crippen LogP contribution < -0.4 is 10.9 Å². The fourth-order valence-corrected chi connectivity index (χ4v) is 3.10. The van der Waals surface area contributed by atoms with Crippen molar-refractivity contribution in [2.75, 3.05) is 19.0 Å². The van der Waals surface area contributed by atoms with Crippen LogP contribution in [0.1, 0.15) is 12.5 Å². The van der Waals surface area contributed by atoms with Gasteiger partial charge in [0.05, 0.1) is 24.6 Å². The molecule has 1 aromatic heterocycles. The Bertz CT molecular complexity index is 1120. The second-order valence-electron chi connectivity index (χ2n) is 6.34. The zero-order chi connectivity index (χ0) is 20.8. The van der Waals surface area contributed by atoms with Crippen LogP contribution in [-0.4, -0.2) is 34.1 Å². The number of aromatic hydroxyl groups is 1. The number of methoxy groups -OCH3 is 1. The molecule has 7 nitrogen and oxygen atoms in total. The van der Waals surface area contributed by atoms with Crippen LogP contribution in [0, 0.1) is 4.77 Å². The molecular formula is C21H22N4O3S. The molecule has 0 aliphatic heterocycles. The molecule has 0 bridgehead atoms. The van der Waals surface area contributed by atoms with Gasteiger partial charge in [-0.05, 0) is 55.5 Å². The Balaban J connectivity index is 1.87. The number of hydrogen-bond donors (Lipinski definition) is 3. The minimum Gasteiger partial charge on any atom is -0.494 e. The number of aromatic amines is 1. The number of rotatable bonds is 7. The van der Waals surface area contributed by atoms with Crippen LogP contribution in [-0.2, 0) is 11.3 Å². The molecule has 2 aromatic carbocycles. The van der Waals surface area contributed by atoms with Crippen molar-refractivity contribution in [2.24, 2.45) is 4.99 Å². The van der Waals surface area contributed by atoms with Crippen molar-refractivity contribution in [3.63, 3.8) is 0 Å². The van der Waals surface area contributed by atoms with Crippen molar-refractivity contribution in [2.45, 2.75) is 13.5 Å². The van der Waals surface area contributed by atoms with Gasteiger partial charge in [-0.25, -0.2) is 0 Å².